The highest BCUT2D eigenvalue weighted by Gasteiger charge is 2.26. The molecule has 2 heterocycles. The molecule has 0 N–H and O–H groups in total. The molecule has 0 aliphatic carbocycles. The molecule has 5 heteroatoms. The average molecular weight is 354 g/mol. The van der Waals surface area contributed by atoms with Crippen LogP contribution in [0.2, 0.25) is 0 Å². The lowest BCUT2D eigenvalue weighted by Crippen LogP contribution is -2.06. The van der Waals surface area contributed by atoms with E-state index in [4.69, 9.17) is 18.9 Å². The summed E-state index contributed by atoms with van der Waals surface area (Å²) in [6.07, 6.45) is 2.12. The summed E-state index contributed by atoms with van der Waals surface area (Å²) >= 11 is 0. The molecule has 2 aliphatic rings. The SMILES string of the molecule is COc1ccc(-c2ccc(OC(C)=O)c(CC3CO3)c2)cc1CC1CO1. The van der Waals surface area contributed by atoms with Crippen LogP contribution in [0.5, 0.6) is 11.5 Å². The summed E-state index contributed by atoms with van der Waals surface area (Å²) in [6.45, 7) is 2.99. The van der Waals surface area contributed by atoms with Gasteiger partial charge in [0.1, 0.15) is 11.5 Å². The van der Waals surface area contributed by atoms with E-state index in [9.17, 15) is 4.79 Å². The van der Waals surface area contributed by atoms with Crippen LogP contribution in [0.15, 0.2) is 36.4 Å². The van der Waals surface area contributed by atoms with Gasteiger partial charge in [0.05, 0.1) is 32.5 Å². The Morgan fingerprint density at radius 1 is 0.962 bits per heavy atom. The number of epoxide rings is 2. The van der Waals surface area contributed by atoms with E-state index in [1.54, 1.807) is 7.11 Å². The molecule has 0 aromatic heterocycles. The summed E-state index contributed by atoms with van der Waals surface area (Å²) in [6, 6.07) is 12.1. The molecule has 2 saturated heterocycles. The zero-order chi connectivity index (χ0) is 18.1. The predicted octanol–water partition coefficient (Wildman–Crippen LogP) is 3.17. The fraction of sp³-hybridized carbons (Fsp3) is 0.381. The summed E-state index contributed by atoms with van der Waals surface area (Å²) in [7, 11) is 1.69. The van der Waals surface area contributed by atoms with Crippen molar-refractivity contribution in [3.05, 3.63) is 47.5 Å². The first-order chi connectivity index (χ1) is 12.6. The van der Waals surface area contributed by atoms with Crippen molar-refractivity contribution < 1.29 is 23.7 Å². The Morgan fingerprint density at radius 3 is 1.92 bits per heavy atom. The number of carbonyl (C=O) groups excluding carboxylic acids is 1. The van der Waals surface area contributed by atoms with Crippen LogP contribution in [-0.2, 0) is 27.1 Å². The molecule has 2 aromatic rings. The summed E-state index contributed by atoms with van der Waals surface area (Å²) in [5.41, 5.74) is 4.32. The summed E-state index contributed by atoms with van der Waals surface area (Å²) < 4.78 is 21.5. The number of ether oxygens (including phenoxy) is 4. The predicted molar refractivity (Wildman–Crippen MR) is 96.6 cm³/mol. The van der Waals surface area contributed by atoms with Crippen molar-refractivity contribution in [1.29, 1.82) is 0 Å². The van der Waals surface area contributed by atoms with Gasteiger partial charge in [0.2, 0.25) is 0 Å². The lowest BCUT2D eigenvalue weighted by atomic mass is 9.97. The maximum absolute atomic E-state index is 11.4. The number of hydrogen-bond acceptors (Lipinski definition) is 5. The number of methoxy groups -OCH3 is 1. The quantitative estimate of drug-likeness (QED) is 0.434. The zero-order valence-electron chi connectivity index (χ0n) is 15.0. The first-order valence-corrected chi connectivity index (χ1v) is 8.84. The number of hydrogen-bond donors (Lipinski definition) is 0. The highest BCUT2D eigenvalue weighted by molar-refractivity contribution is 5.72. The lowest BCUT2D eigenvalue weighted by molar-refractivity contribution is -0.131. The molecule has 0 spiro atoms. The van der Waals surface area contributed by atoms with E-state index < -0.39 is 0 Å². The van der Waals surface area contributed by atoms with Gasteiger partial charge in [-0.05, 0) is 46.5 Å². The number of carbonyl (C=O) groups is 1. The van der Waals surface area contributed by atoms with Crippen LogP contribution >= 0.6 is 0 Å². The molecule has 2 atom stereocenters. The van der Waals surface area contributed by atoms with Gasteiger partial charge in [-0.15, -0.1) is 0 Å². The molecule has 0 bridgehead atoms. The highest BCUT2D eigenvalue weighted by atomic mass is 16.6. The number of esters is 1. The Hall–Kier alpha value is -2.37. The van der Waals surface area contributed by atoms with Gasteiger partial charge in [-0.1, -0.05) is 12.1 Å². The van der Waals surface area contributed by atoms with Gasteiger partial charge in [0.25, 0.3) is 0 Å². The van der Waals surface area contributed by atoms with Crippen molar-refractivity contribution >= 4 is 5.97 Å². The van der Waals surface area contributed by atoms with Crippen molar-refractivity contribution in [3.8, 4) is 22.6 Å². The van der Waals surface area contributed by atoms with Crippen LogP contribution in [0.3, 0.4) is 0 Å². The van der Waals surface area contributed by atoms with Crippen LogP contribution in [0.1, 0.15) is 18.1 Å². The fourth-order valence-electron chi connectivity index (χ4n) is 3.15. The third-order valence-corrected chi connectivity index (χ3v) is 4.63. The summed E-state index contributed by atoms with van der Waals surface area (Å²) in [5, 5.41) is 0. The van der Waals surface area contributed by atoms with E-state index in [2.05, 4.69) is 12.1 Å². The minimum Gasteiger partial charge on any atom is -0.496 e. The lowest BCUT2D eigenvalue weighted by Gasteiger charge is -2.13. The summed E-state index contributed by atoms with van der Waals surface area (Å²) in [5.74, 6) is 1.18. The molecule has 2 aromatic carbocycles. The van der Waals surface area contributed by atoms with E-state index in [0.29, 0.717) is 11.9 Å². The Morgan fingerprint density at radius 2 is 1.46 bits per heavy atom. The minimum atomic E-state index is -0.313. The van der Waals surface area contributed by atoms with E-state index in [-0.39, 0.29) is 12.1 Å². The zero-order valence-corrected chi connectivity index (χ0v) is 15.0. The molecule has 0 saturated carbocycles. The van der Waals surface area contributed by atoms with Crippen molar-refractivity contribution in [1.82, 2.24) is 0 Å². The summed E-state index contributed by atoms with van der Waals surface area (Å²) in [4.78, 5) is 11.4. The smallest absolute Gasteiger partial charge is 0.308 e. The average Bonchev–Trinajstić information content (AvgIpc) is 3.52. The Balaban J connectivity index is 1.66. The van der Waals surface area contributed by atoms with Gasteiger partial charge in [0, 0.05) is 19.8 Å². The molecular weight excluding hydrogens is 332 g/mol. The van der Waals surface area contributed by atoms with Crippen LogP contribution in [-0.4, -0.2) is 38.5 Å². The molecule has 2 unspecified atom stereocenters. The van der Waals surface area contributed by atoms with Crippen LogP contribution < -0.4 is 9.47 Å². The fourth-order valence-corrected chi connectivity index (χ4v) is 3.15. The topological polar surface area (TPSA) is 60.6 Å². The Labute approximate surface area is 152 Å². The molecule has 5 nitrogen and oxygen atoms in total. The van der Waals surface area contributed by atoms with E-state index in [1.807, 2.05) is 24.3 Å². The molecule has 0 amide bonds. The third-order valence-electron chi connectivity index (χ3n) is 4.63. The second kappa shape index (κ2) is 7.09. The first-order valence-electron chi connectivity index (χ1n) is 8.84. The second-order valence-electron chi connectivity index (χ2n) is 6.76. The van der Waals surface area contributed by atoms with Crippen LogP contribution in [0.4, 0.5) is 0 Å². The molecule has 136 valence electrons. The molecule has 0 radical (unpaired) electrons. The second-order valence-corrected chi connectivity index (χ2v) is 6.76. The van der Waals surface area contributed by atoms with Gasteiger partial charge >= 0.3 is 5.97 Å². The van der Waals surface area contributed by atoms with E-state index >= 15 is 0 Å². The number of rotatable bonds is 7. The number of benzene rings is 2. The van der Waals surface area contributed by atoms with Crippen LogP contribution in [0.25, 0.3) is 11.1 Å². The monoisotopic (exact) mass is 354 g/mol. The molecular formula is C21H22O5. The van der Waals surface area contributed by atoms with Gasteiger partial charge in [-0.25, -0.2) is 0 Å². The van der Waals surface area contributed by atoms with E-state index in [0.717, 1.165) is 54.1 Å². The van der Waals surface area contributed by atoms with Gasteiger partial charge in [-0.3, -0.25) is 4.79 Å². The molecule has 2 fully saturated rings. The van der Waals surface area contributed by atoms with Crippen molar-refractivity contribution in [2.75, 3.05) is 20.3 Å². The first kappa shape index (κ1) is 17.1. The normalized spacial score (nSPS) is 20.5. The molecule has 2 aliphatic heterocycles. The van der Waals surface area contributed by atoms with Gasteiger partial charge < -0.3 is 18.9 Å². The van der Waals surface area contributed by atoms with Crippen molar-refractivity contribution in [3.63, 3.8) is 0 Å². The maximum atomic E-state index is 11.4. The van der Waals surface area contributed by atoms with Crippen molar-refractivity contribution in [2.45, 2.75) is 32.0 Å². The molecule has 4 rings (SSSR count). The third kappa shape index (κ3) is 4.06. The standard InChI is InChI=1S/C21H22O5/c1-13(22)26-21-6-4-15(8-17(21)10-19-12-25-19)14-3-5-20(23-2)16(7-14)9-18-11-24-18/h3-8,18-19H,9-12H2,1-2H3. The Kier molecular flexibility index (Phi) is 4.66. The van der Waals surface area contributed by atoms with Gasteiger partial charge in [-0.2, -0.15) is 0 Å². The molecule has 26 heavy (non-hydrogen) atoms. The largest absolute Gasteiger partial charge is 0.496 e. The Bertz CT molecular complexity index is 821. The minimum absolute atomic E-state index is 0.220. The van der Waals surface area contributed by atoms with Crippen molar-refractivity contribution in [2.24, 2.45) is 0 Å². The highest BCUT2D eigenvalue weighted by Crippen LogP contribution is 2.33. The van der Waals surface area contributed by atoms with Gasteiger partial charge in [0.15, 0.2) is 0 Å². The maximum Gasteiger partial charge on any atom is 0.308 e. The van der Waals surface area contributed by atoms with Crippen LogP contribution in [0, 0.1) is 0 Å². The van der Waals surface area contributed by atoms with E-state index in [1.165, 1.54) is 6.92 Å².